The minimum absolute atomic E-state index is 0.0946. The van der Waals surface area contributed by atoms with Gasteiger partial charge in [0.1, 0.15) is 0 Å². The van der Waals surface area contributed by atoms with Gasteiger partial charge in [-0.15, -0.1) is 0 Å². The lowest BCUT2D eigenvalue weighted by molar-refractivity contribution is 0.201. The van der Waals surface area contributed by atoms with Gasteiger partial charge in [0.15, 0.2) is 0 Å². The molecular formula is C6H14N2O. The van der Waals surface area contributed by atoms with Crippen molar-refractivity contribution in [1.29, 1.82) is 0 Å². The Morgan fingerprint density at radius 3 is 2.56 bits per heavy atom. The summed E-state index contributed by atoms with van der Waals surface area (Å²) in [4.78, 5) is 0. The van der Waals surface area contributed by atoms with Crippen molar-refractivity contribution in [3.63, 3.8) is 0 Å². The summed E-state index contributed by atoms with van der Waals surface area (Å²) in [5, 5.41) is 11.6. The molecule has 0 aliphatic heterocycles. The van der Waals surface area contributed by atoms with E-state index in [1.165, 1.54) is 6.20 Å². The third-order valence-electron chi connectivity index (χ3n) is 0.966. The van der Waals surface area contributed by atoms with Crippen LogP contribution in [0, 0.1) is 0 Å². The summed E-state index contributed by atoms with van der Waals surface area (Å²) in [6.07, 6.45) is 3.01. The normalized spacial score (nSPS) is 12.3. The van der Waals surface area contributed by atoms with Crippen molar-refractivity contribution in [1.82, 2.24) is 5.32 Å². The Hall–Kier alpha value is -0.700. The van der Waals surface area contributed by atoms with E-state index in [9.17, 15) is 0 Å². The van der Waals surface area contributed by atoms with Crippen LogP contribution in [0.3, 0.4) is 0 Å². The summed E-state index contributed by atoms with van der Waals surface area (Å²) in [5.74, 6) is 0. The first-order valence-electron chi connectivity index (χ1n) is 2.88. The zero-order valence-electron chi connectivity index (χ0n) is 5.89. The molecule has 0 spiro atoms. The predicted molar refractivity (Wildman–Crippen MR) is 37.6 cm³/mol. The van der Waals surface area contributed by atoms with Crippen LogP contribution in [-0.4, -0.2) is 17.3 Å². The average molecular weight is 130 g/mol. The highest BCUT2D eigenvalue weighted by molar-refractivity contribution is 4.84. The van der Waals surface area contributed by atoms with E-state index in [0.717, 1.165) is 0 Å². The van der Waals surface area contributed by atoms with Crippen LogP contribution >= 0.6 is 0 Å². The Labute approximate surface area is 55.6 Å². The molecule has 0 rings (SSSR count). The largest absolute Gasteiger partial charge is 0.403 e. The molecule has 0 aromatic heterocycles. The lowest BCUT2D eigenvalue weighted by Gasteiger charge is -2.21. The lowest BCUT2D eigenvalue weighted by Crippen LogP contribution is -2.39. The van der Waals surface area contributed by atoms with Gasteiger partial charge in [-0.25, -0.2) is 0 Å². The van der Waals surface area contributed by atoms with Crippen LogP contribution in [0.5, 0.6) is 0 Å². The van der Waals surface area contributed by atoms with Crippen molar-refractivity contribution < 1.29 is 5.11 Å². The summed E-state index contributed by atoms with van der Waals surface area (Å²) in [7, 11) is 0. The molecule has 0 bridgehead atoms. The monoisotopic (exact) mass is 130 g/mol. The van der Waals surface area contributed by atoms with Crippen LogP contribution in [0.2, 0.25) is 0 Å². The fourth-order valence-corrected chi connectivity index (χ4v) is 0.319. The number of nitrogens with two attached hydrogens (primary N) is 1. The van der Waals surface area contributed by atoms with Crippen molar-refractivity contribution >= 4 is 0 Å². The van der Waals surface area contributed by atoms with Gasteiger partial charge in [-0.3, -0.25) is 0 Å². The van der Waals surface area contributed by atoms with E-state index in [1.807, 2.05) is 13.8 Å². The first kappa shape index (κ1) is 8.30. The molecular weight excluding hydrogens is 116 g/mol. The molecule has 0 saturated carbocycles. The molecule has 0 aliphatic carbocycles. The maximum atomic E-state index is 8.68. The first-order valence-corrected chi connectivity index (χ1v) is 2.88. The molecule has 0 heterocycles. The highest BCUT2D eigenvalue weighted by atomic mass is 16.3. The Morgan fingerprint density at radius 1 is 1.67 bits per heavy atom. The fraction of sp³-hybridized carbons (Fsp3) is 0.667. The minimum atomic E-state index is -0.268. The van der Waals surface area contributed by atoms with E-state index in [0.29, 0.717) is 0 Å². The van der Waals surface area contributed by atoms with Gasteiger partial charge in [0.2, 0.25) is 0 Å². The van der Waals surface area contributed by atoms with E-state index < -0.39 is 0 Å². The molecule has 3 heteroatoms. The molecule has 0 atom stereocenters. The van der Waals surface area contributed by atoms with Crippen LogP contribution < -0.4 is 11.1 Å². The van der Waals surface area contributed by atoms with Gasteiger partial charge >= 0.3 is 0 Å². The van der Waals surface area contributed by atoms with Gasteiger partial charge in [-0.05, 0) is 13.8 Å². The van der Waals surface area contributed by atoms with Crippen molar-refractivity contribution in [2.45, 2.75) is 19.4 Å². The second-order valence-corrected chi connectivity index (χ2v) is 2.55. The van der Waals surface area contributed by atoms with E-state index in [2.05, 4.69) is 5.32 Å². The molecule has 0 aromatic carbocycles. The van der Waals surface area contributed by atoms with Gasteiger partial charge in [-0.2, -0.15) is 0 Å². The van der Waals surface area contributed by atoms with E-state index in [1.54, 1.807) is 6.20 Å². The van der Waals surface area contributed by atoms with E-state index in [-0.39, 0.29) is 12.1 Å². The molecule has 0 aromatic rings. The molecule has 0 unspecified atom stereocenters. The Bertz CT molecular complexity index is 99.2. The third kappa shape index (κ3) is 3.85. The molecule has 4 N–H and O–H groups in total. The number of aliphatic hydroxyl groups excluding tert-OH is 1. The van der Waals surface area contributed by atoms with Gasteiger partial charge < -0.3 is 16.2 Å². The minimum Gasteiger partial charge on any atom is -0.403 e. The maximum Gasteiger partial charge on any atom is 0.0655 e. The zero-order valence-corrected chi connectivity index (χ0v) is 5.89. The highest BCUT2D eigenvalue weighted by Crippen LogP contribution is 1.97. The standard InChI is InChI=1S/C6H14N2O/c1-6(2,5-9)8-4-3-7/h3-4,8-9H,5,7H2,1-2H3/b4-3-. The van der Waals surface area contributed by atoms with Crippen molar-refractivity contribution in [3.8, 4) is 0 Å². The van der Waals surface area contributed by atoms with Gasteiger partial charge in [0, 0.05) is 12.4 Å². The summed E-state index contributed by atoms with van der Waals surface area (Å²) >= 11 is 0. The Morgan fingerprint density at radius 2 is 2.22 bits per heavy atom. The van der Waals surface area contributed by atoms with Gasteiger partial charge in [0.25, 0.3) is 0 Å². The fourth-order valence-electron chi connectivity index (χ4n) is 0.319. The highest BCUT2D eigenvalue weighted by Gasteiger charge is 2.11. The van der Waals surface area contributed by atoms with Crippen LogP contribution in [0.1, 0.15) is 13.8 Å². The van der Waals surface area contributed by atoms with Crippen LogP contribution in [0.4, 0.5) is 0 Å². The molecule has 54 valence electrons. The summed E-state index contributed by atoms with van der Waals surface area (Å²) in [5.41, 5.74) is 4.80. The van der Waals surface area contributed by atoms with Crippen molar-refractivity contribution in [2.75, 3.05) is 6.61 Å². The molecule has 0 fully saturated rings. The number of nitrogens with one attached hydrogen (secondary N) is 1. The second kappa shape index (κ2) is 3.35. The lowest BCUT2D eigenvalue weighted by atomic mass is 10.1. The number of hydrogen-bond donors (Lipinski definition) is 3. The summed E-state index contributed by atoms with van der Waals surface area (Å²) < 4.78 is 0. The van der Waals surface area contributed by atoms with Crippen LogP contribution in [0.25, 0.3) is 0 Å². The number of rotatable bonds is 3. The Balaban J connectivity index is 3.58. The molecule has 0 amide bonds. The van der Waals surface area contributed by atoms with E-state index >= 15 is 0 Å². The third-order valence-corrected chi connectivity index (χ3v) is 0.966. The molecule has 3 nitrogen and oxygen atoms in total. The maximum absolute atomic E-state index is 8.68. The average Bonchev–Trinajstić information content (AvgIpc) is 1.84. The number of hydrogen-bond acceptors (Lipinski definition) is 3. The first-order chi connectivity index (χ1) is 4.12. The Kier molecular flexibility index (Phi) is 3.09. The SMILES string of the molecule is CC(C)(CO)N/C=C\N. The van der Waals surface area contributed by atoms with Crippen molar-refractivity contribution in [2.24, 2.45) is 5.73 Å². The second-order valence-electron chi connectivity index (χ2n) is 2.55. The van der Waals surface area contributed by atoms with Gasteiger partial charge in [-0.1, -0.05) is 0 Å². The quantitative estimate of drug-likeness (QED) is 0.495. The predicted octanol–water partition coefficient (Wildman–Crippen LogP) is -0.223. The molecule has 0 radical (unpaired) electrons. The molecule has 0 aliphatic rings. The van der Waals surface area contributed by atoms with Crippen molar-refractivity contribution in [3.05, 3.63) is 12.4 Å². The smallest absolute Gasteiger partial charge is 0.0655 e. The summed E-state index contributed by atoms with van der Waals surface area (Å²) in [6.45, 7) is 3.86. The zero-order chi connectivity index (χ0) is 7.33. The van der Waals surface area contributed by atoms with E-state index in [4.69, 9.17) is 10.8 Å². The topological polar surface area (TPSA) is 58.3 Å². The summed E-state index contributed by atoms with van der Waals surface area (Å²) in [6, 6.07) is 0. The number of aliphatic hydroxyl groups is 1. The molecule has 9 heavy (non-hydrogen) atoms. The van der Waals surface area contributed by atoms with Crippen LogP contribution in [-0.2, 0) is 0 Å². The molecule has 0 saturated heterocycles. The van der Waals surface area contributed by atoms with Gasteiger partial charge in [0.05, 0.1) is 12.1 Å². The van der Waals surface area contributed by atoms with Crippen LogP contribution in [0.15, 0.2) is 12.4 Å².